The fourth-order valence-electron chi connectivity index (χ4n) is 2.91. The molecular formula is C18H32N2O6. The van der Waals surface area contributed by atoms with Crippen molar-refractivity contribution in [3.63, 3.8) is 0 Å². The van der Waals surface area contributed by atoms with Crippen molar-refractivity contribution < 1.29 is 29.0 Å². The van der Waals surface area contributed by atoms with Gasteiger partial charge in [-0.25, -0.2) is 9.59 Å². The van der Waals surface area contributed by atoms with Crippen LogP contribution in [0.2, 0.25) is 0 Å². The summed E-state index contributed by atoms with van der Waals surface area (Å²) in [5.41, 5.74) is -1.26. The third kappa shape index (κ3) is 6.82. The molecule has 0 aromatic rings. The molecular weight excluding hydrogens is 340 g/mol. The Morgan fingerprint density at radius 3 is 2.15 bits per heavy atom. The van der Waals surface area contributed by atoms with Crippen LogP contribution in [-0.2, 0) is 19.1 Å². The van der Waals surface area contributed by atoms with Gasteiger partial charge in [0.2, 0.25) is 5.91 Å². The number of carbonyl (C=O) groups is 3. The lowest BCUT2D eigenvalue weighted by molar-refractivity contribution is -0.152. The van der Waals surface area contributed by atoms with Crippen LogP contribution in [0.4, 0.5) is 4.79 Å². The van der Waals surface area contributed by atoms with E-state index in [-0.39, 0.29) is 0 Å². The minimum absolute atomic E-state index is 0.338. The van der Waals surface area contributed by atoms with Gasteiger partial charge in [-0.2, -0.15) is 0 Å². The average molecular weight is 372 g/mol. The van der Waals surface area contributed by atoms with Gasteiger partial charge in [-0.05, 0) is 61.3 Å². The van der Waals surface area contributed by atoms with E-state index in [1.165, 1.54) is 4.90 Å². The molecule has 0 saturated carbocycles. The SMILES string of the molecule is C[C@@H](OC(C)(C)C)[C@H](NC(=O)OC(C)(C)C)C(=O)N1CCC[C@H]1C(=O)O. The molecule has 0 aliphatic carbocycles. The van der Waals surface area contributed by atoms with Crippen molar-refractivity contribution >= 4 is 18.0 Å². The van der Waals surface area contributed by atoms with Crippen molar-refractivity contribution in [2.24, 2.45) is 0 Å². The van der Waals surface area contributed by atoms with Crippen LogP contribution in [0.1, 0.15) is 61.3 Å². The zero-order valence-electron chi connectivity index (χ0n) is 16.8. The molecule has 1 aliphatic rings. The van der Waals surface area contributed by atoms with Gasteiger partial charge < -0.3 is 24.8 Å². The van der Waals surface area contributed by atoms with Crippen molar-refractivity contribution in [2.75, 3.05) is 6.54 Å². The predicted molar refractivity (Wildman–Crippen MR) is 95.8 cm³/mol. The Bertz CT molecular complexity index is 535. The summed E-state index contributed by atoms with van der Waals surface area (Å²) >= 11 is 0. The molecule has 8 heteroatoms. The Morgan fingerprint density at radius 2 is 1.69 bits per heavy atom. The highest BCUT2D eigenvalue weighted by Gasteiger charge is 2.41. The first-order valence-corrected chi connectivity index (χ1v) is 8.92. The third-order valence-electron chi connectivity index (χ3n) is 3.77. The Morgan fingerprint density at radius 1 is 1.12 bits per heavy atom. The van der Waals surface area contributed by atoms with Gasteiger partial charge in [0.05, 0.1) is 11.7 Å². The van der Waals surface area contributed by atoms with E-state index >= 15 is 0 Å². The van der Waals surface area contributed by atoms with Gasteiger partial charge in [0.1, 0.15) is 17.7 Å². The van der Waals surface area contributed by atoms with Crippen LogP contribution in [0.5, 0.6) is 0 Å². The zero-order chi connectivity index (χ0) is 20.3. The first-order chi connectivity index (χ1) is 11.7. The normalized spacial score (nSPS) is 20.4. The summed E-state index contributed by atoms with van der Waals surface area (Å²) in [7, 11) is 0. The van der Waals surface area contributed by atoms with Crippen LogP contribution < -0.4 is 5.32 Å². The summed E-state index contributed by atoms with van der Waals surface area (Å²) in [4.78, 5) is 37.9. The largest absolute Gasteiger partial charge is 0.480 e. The van der Waals surface area contributed by atoms with Gasteiger partial charge in [0.25, 0.3) is 0 Å². The van der Waals surface area contributed by atoms with E-state index in [0.717, 1.165) is 0 Å². The summed E-state index contributed by atoms with van der Waals surface area (Å²) in [5, 5.41) is 11.9. The van der Waals surface area contributed by atoms with Crippen LogP contribution in [-0.4, -0.2) is 63.9 Å². The van der Waals surface area contributed by atoms with Crippen LogP contribution in [0.25, 0.3) is 0 Å². The van der Waals surface area contributed by atoms with Gasteiger partial charge in [0, 0.05) is 6.54 Å². The standard InChI is InChI=1S/C18H32N2O6/c1-11(25-17(2,3)4)13(19-16(24)26-18(5,6)7)14(21)20-10-8-9-12(20)15(22)23/h11-13H,8-10H2,1-7H3,(H,19,24)(H,22,23)/t11-,12+,13+/m1/s1. The molecule has 1 aliphatic heterocycles. The number of amides is 2. The summed E-state index contributed by atoms with van der Waals surface area (Å²) in [6.45, 7) is 12.7. The van der Waals surface area contributed by atoms with E-state index in [2.05, 4.69) is 5.32 Å². The van der Waals surface area contributed by atoms with E-state index in [1.54, 1.807) is 27.7 Å². The molecule has 8 nitrogen and oxygen atoms in total. The summed E-state index contributed by atoms with van der Waals surface area (Å²) < 4.78 is 11.1. The van der Waals surface area contributed by atoms with Gasteiger partial charge in [-0.3, -0.25) is 4.79 Å². The number of ether oxygens (including phenoxy) is 2. The molecule has 26 heavy (non-hydrogen) atoms. The third-order valence-corrected chi connectivity index (χ3v) is 3.77. The molecule has 0 bridgehead atoms. The number of carboxylic acid groups (broad SMARTS) is 1. The average Bonchev–Trinajstić information content (AvgIpc) is 2.89. The molecule has 1 heterocycles. The van der Waals surface area contributed by atoms with Gasteiger partial charge in [-0.15, -0.1) is 0 Å². The molecule has 0 spiro atoms. The first-order valence-electron chi connectivity index (χ1n) is 8.92. The second kappa shape index (κ2) is 8.24. The maximum absolute atomic E-state index is 13.0. The lowest BCUT2D eigenvalue weighted by atomic mass is 10.1. The minimum Gasteiger partial charge on any atom is -0.480 e. The lowest BCUT2D eigenvalue weighted by Crippen LogP contribution is -2.57. The maximum atomic E-state index is 13.0. The van der Waals surface area contributed by atoms with Crippen LogP contribution in [0.15, 0.2) is 0 Å². The fraction of sp³-hybridized carbons (Fsp3) is 0.833. The van der Waals surface area contributed by atoms with Crippen molar-refractivity contribution in [2.45, 2.75) is 90.7 Å². The number of carbonyl (C=O) groups excluding carboxylic acids is 2. The molecule has 0 radical (unpaired) electrons. The first kappa shape index (κ1) is 22.2. The number of hydrogen-bond acceptors (Lipinski definition) is 5. The highest BCUT2D eigenvalue weighted by atomic mass is 16.6. The van der Waals surface area contributed by atoms with Crippen molar-refractivity contribution in [1.29, 1.82) is 0 Å². The minimum atomic E-state index is -1.05. The second-order valence-electron chi connectivity index (χ2n) is 8.59. The molecule has 150 valence electrons. The van der Waals surface area contributed by atoms with Crippen molar-refractivity contribution in [1.82, 2.24) is 10.2 Å². The molecule has 0 unspecified atom stereocenters. The predicted octanol–water partition coefficient (Wildman–Crippen LogP) is 2.16. The highest BCUT2D eigenvalue weighted by molar-refractivity contribution is 5.90. The molecule has 0 aromatic carbocycles. The Labute approximate surface area is 155 Å². The zero-order valence-corrected chi connectivity index (χ0v) is 16.8. The molecule has 2 amide bonds. The maximum Gasteiger partial charge on any atom is 0.408 e. The van der Waals surface area contributed by atoms with E-state index in [9.17, 15) is 19.5 Å². The quantitative estimate of drug-likeness (QED) is 0.766. The summed E-state index contributed by atoms with van der Waals surface area (Å²) in [5.74, 6) is -1.52. The number of nitrogens with one attached hydrogen (secondary N) is 1. The van der Waals surface area contributed by atoms with Crippen molar-refractivity contribution in [3.8, 4) is 0 Å². The lowest BCUT2D eigenvalue weighted by Gasteiger charge is -2.34. The molecule has 1 saturated heterocycles. The van der Waals surface area contributed by atoms with E-state index in [1.807, 2.05) is 20.8 Å². The number of rotatable bonds is 5. The highest BCUT2D eigenvalue weighted by Crippen LogP contribution is 2.21. The van der Waals surface area contributed by atoms with Gasteiger partial charge in [-0.1, -0.05) is 0 Å². The number of likely N-dealkylation sites (tertiary alicyclic amines) is 1. The molecule has 1 rings (SSSR count). The number of hydrogen-bond donors (Lipinski definition) is 2. The molecule has 0 aromatic heterocycles. The summed E-state index contributed by atoms with van der Waals surface area (Å²) in [6.07, 6.45) is -0.401. The second-order valence-corrected chi connectivity index (χ2v) is 8.59. The van der Waals surface area contributed by atoms with Crippen LogP contribution in [0, 0.1) is 0 Å². The number of aliphatic carboxylic acids is 1. The molecule has 1 fully saturated rings. The van der Waals surface area contributed by atoms with E-state index in [4.69, 9.17) is 9.47 Å². The number of alkyl carbamates (subject to hydrolysis) is 1. The summed E-state index contributed by atoms with van der Waals surface area (Å²) in [6, 6.07) is -1.92. The van der Waals surface area contributed by atoms with Crippen LogP contribution >= 0.6 is 0 Å². The van der Waals surface area contributed by atoms with Crippen molar-refractivity contribution in [3.05, 3.63) is 0 Å². The Kier molecular flexibility index (Phi) is 7.04. The van der Waals surface area contributed by atoms with E-state index in [0.29, 0.717) is 19.4 Å². The molecule has 3 atom stereocenters. The Hall–Kier alpha value is -1.83. The van der Waals surface area contributed by atoms with Gasteiger partial charge in [0.15, 0.2) is 0 Å². The fourth-order valence-corrected chi connectivity index (χ4v) is 2.91. The number of carboxylic acids is 1. The molecule has 2 N–H and O–H groups in total. The van der Waals surface area contributed by atoms with E-state index < -0.39 is 47.4 Å². The number of nitrogens with zero attached hydrogens (tertiary/aromatic N) is 1. The van der Waals surface area contributed by atoms with Crippen LogP contribution in [0.3, 0.4) is 0 Å². The topological polar surface area (TPSA) is 105 Å². The Balaban J connectivity index is 3.00. The smallest absolute Gasteiger partial charge is 0.408 e. The van der Waals surface area contributed by atoms with Gasteiger partial charge >= 0.3 is 12.1 Å². The monoisotopic (exact) mass is 372 g/mol.